The fourth-order valence-electron chi connectivity index (χ4n) is 8.40. The third-order valence-corrected chi connectivity index (χ3v) is 11.8. The van der Waals surface area contributed by atoms with E-state index in [1.807, 2.05) is 56.4 Å². The first-order valence-electron chi connectivity index (χ1n) is 21.2. The number of aliphatic hydroxyl groups is 2. The number of hydrogen-bond donors (Lipinski definition) is 3. The molecular formula is C47H66O10. The molecule has 6 aliphatic rings. The summed E-state index contributed by atoms with van der Waals surface area (Å²) >= 11 is 0. The quantitative estimate of drug-likeness (QED) is 0.133. The van der Waals surface area contributed by atoms with Crippen LogP contribution in [0.2, 0.25) is 0 Å². The third kappa shape index (κ3) is 14.1. The summed E-state index contributed by atoms with van der Waals surface area (Å²) in [5, 5.41) is 30.7. The normalized spacial score (nSPS) is 40.9. The molecule has 0 aromatic rings. The van der Waals surface area contributed by atoms with E-state index in [0.29, 0.717) is 32.1 Å². The predicted molar refractivity (Wildman–Crippen MR) is 220 cm³/mol. The highest BCUT2D eigenvalue weighted by molar-refractivity contribution is 5.82. The molecule has 10 nitrogen and oxygen atoms in total. The van der Waals surface area contributed by atoms with Gasteiger partial charge >= 0.3 is 11.9 Å². The fourth-order valence-corrected chi connectivity index (χ4v) is 8.40. The number of unbranched alkanes of at least 4 members (excludes halogenated alkanes) is 1. The molecule has 0 aliphatic carbocycles. The smallest absolute Gasteiger partial charge is 0.331 e. The van der Waals surface area contributed by atoms with Crippen molar-refractivity contribution >= 4 is 11.9 Å². The number of allylic oxidation sites excluding steroid dienone is 7. The minimum Gasteiger partial charge on any atom is -0.481 e. The molecule has 3 fully saturated rings. The largest absolute Gasteiger partial charge is 0.481 e. The number of aliphatic carboxylic acids is 1. The van der Waals surface area contributed by atoms with Crippen molar-refractivity contribution < 1.29 is 48.6 Å². The topological polar surface area (TPSA) is 141 Å². The highest BCUT2D eigenvalue weighted by Crippen LogP contribution is 2.38. The summed E-state index contributed by atoms with van der Waals surface area (Å²) in [4.78, 5) is 23.9. The summed E-state index contributed by atoms with van der Waals surface area (Å²) < 4.78 is 31.7. The molecule has 6 aliphatic heterocycles. The van der Waals surface area contributed by atoms with Crippen LogP contribution in [0.15, 0.2) is 96.7 Å². The number of rotatable bonds is 7. The van der Waals surface area contributed by atoms with Gasteiger partial charge in [-0.1, -0.05) is 106 Å². The second kappa shape index (κ2) is 22.7. The number of fused-ring (bicyclic) bond motifs is 13. The van der Waals surface area contributed by atoms with Gasteiger partial charge in [0.05, 0.1) is 48.8 Å². The highest BCUT2D eigenvalue weighted by Gasteiger charge is 2.45. The van der Waals surface area contributed by atoms with Crippen molar-refractivity contribution in [1.82, 2.24) is 0 Å². The molecule has 57 heavy (non-hydrogen) atoms. The van der Waals surface area contributed by atoms with E-state index < -0.39 is 36.4 Å². The van der Waals surface area contributed by atoms with Gasteiger partial charge in [0.2, 0.25) is 0 Å². The maximum absolute atomic E-state index is 13.0. The van der Waals surface area contributed by atoms with Crippen LogP contribution in [0.1, 0.15) is 98.3 Å². The molecule has 0 aromatic heterocycles. The fraction of sp³-hybridized carbons (Fsp3) is 0.617. The van der Waals surface area contributed by atoms with E-state index in [4.69, 9.17) is 28.8 Å². The summed E-state index contributed by atoms with van der Waals surface area (Å²) in [5.74, 6) is -0.875. The predicted octanol–water partition coefficient (Wildman–Crippen LogP) is 7.83. The second-order valence-electron chi connectivity index (χ2n) is 16.5. The van der Waals surface area contributed by atoms with Crippen molar-refractivity contribution in [3.05, 3.63) is 96.7 Å². The maximum atomic E-state index is 13.0. The molecule has 314 valence electrons. The number of carboxylic acids is 1. The van der Waals surface area contributed by atoms with Gasteiger partial charge in [-0.15, -0.1) is 0 Å². The standard InChI is InChI=1S/C47H66O10/c1-31(17-14-15-23-45(50)51)27-32(2)47-42-26-25-36(54-47)19-11-7-5-6-10-18-35(48)28-37-29-38(49)33(3)39(53-37)21-16-22-40-34(4)43-30-44(55-40)41(56-43)20-12-8-9-13-24-46(52)57-42/h7-13,16,18,20,22,24-27,31,33-44,47-49H,5-6,14-15,17,19,21,23,28-30H2,1-4H3,(H,50,51)/b9-8-,11-7+,18-10+,20-12-,22-16+,24-13-,32-27+. The van der Waals surface area contributed by atoms with E-state index in [0.717, 1.165) is 37.7 Å². The number of aliphatic hydroxyl groups excluding tert-OH is 2. The zero-order valence-corrected chi connectivity index (χ0v) is 34.2. The number of ether oxygens (including phenoxy) is 5. The van der Waals surface area contributed by atoms with E-state index >= 15 is 0 Å². The van der Waals surface area contributed by atoms with Crippen molar-refractivity contribution in [3.63, 3.8) is 0 Å². The Morgan fingerprint density at radius 1 is 0.772 bits per heavy atom. The highest BCUT2D eigenvalue weighted by atomic mass is 16.6. The summed E-state index contributed by atoms with van der Waals surface area (Å²) in [5.41, 5.74) is 0.966. The lowest BCUT2D eigenvalue weighted by atomic mass is 9.86. The van der Waals surface area contributed by atoms with Crippen LogP contribution in [0.5, 0.6) is 0 Å². The van der Waals surface area contributed by atoms with Gasteiger partial charge in [0.25, 0.3) is 0 Å². The molecule has 14 atom stereocenters. The number of hydrogen-bond acceptors (Lipinski definition) is 9. The van der Waals surface area contributed by atoms with E-state index in [9.17, 15) is 19.8 Å². The van der Waals surface area contributed by atoms with Crippen molar-refractivity contribution in [3.8, 4) is 0 Å². The van der Waals surface area contributed by atoms with Gasteiger partial charge in [-0.05, 0) is 69.4 Å². The summed E-state index contributed by atoms with van der Waals surface area (Å²) in [6.45, 7) is 8.29. The van der Waals surface area contributed by atoms with Gasteiger partial charge in [-0.3, -0.25) is 4.79 Å². The van der Waals surface area contributed by atoms with Crippen LogP contribution in [0.3, 0.4) is 0 Å². The first-order valence-corrected chi connectivity index (χ1v) is 21.2. The molecule has 3 saturated heterocycles. The lowest BCUT2D eigenvalue weighted by Crippen LogP contribution is -2.43. The average Bonchev–Trinajstić information content (AvgIpc) is 3.52. The molecule has 6 rings (SSSR count). The summed E-state index contributed by atoms with van der Waals surface area (Å²) in [6.07, 6.45) is 33.0. The molecule has 7 bridgehead atoms. The Bertz CT molecular complexity index is 1540. The van der Waals surface area contributed by atoms with E-state index in [2.05, 4.69) is 44.2 Å². The van der Waals surface area contributed by atoms with Crippen molar-refractivity contribution in [2.75, 3.05) is 0 Å². The van der Waals surface area contributed by atoms with Gasteiger partial charge in [0, 0.05) is 37.2 Å². The molecule has 0 saturated carbocycles. The van der Waals surface area contributed by atoms with Crippen LogP contribution in [0.4, 0.5) is 0 Å². The first kappa shape index (κ1) is 44.7. The van der Waals surface area contributed by atoms with Crippen molar-refractivity contribution in [1.29, 1.82) is 0 Å². The summed E-state index contributed by atoms with van der Waals surface area (Å²) in [6, 6.07) is 0. The molecule has 0 spiro atoms. The number of carboxylic acid groups (broad SMARTS) is 1. The zero-order chi connectivity index (χ0) is 40.7. The molecule has 6 heterocycles. The van der Waals surface area contributed by atoms with E-state index in [1.54, 1.807) is 12.2 Å². The Morgan fingerprint density at radius 2 is 1.56 bits per heavy atom. The van der Waals surface area contributed by atoms with E-state index in [-0.39, 0.29) is 66.9 Å². The van der Waals surface area contributed by atoms with Crippen LogP contribution in [0, 0.1) is 17.8 Å². The average molecular weight is 791 g/mol. The molecular weight excluding hydrogens is 725 g/mol. The molecule has 14 unspecified atom stereocenters. The Morgan fingerprint density at radius 3 is 2.39 bits per heavy atom. The minimum atomic E-state index is -0.777. The number of esters is 1. The number of carbonyl (C=O) groups is 2. The first-order chi connectivity index (χ1) is 27.5. The Kier molecular flexibility index (Phi) is 17.8. The van der Waals surface area contributed by atoms with E-state index in [1.165, 1.54) is 6.08 Å². The van der Waals surface area contributed by atoms with Gasteiger partial charge < -0.3 is 39.0 Å². The Labute approximate surface area is 339 Å². The molecule has 0 amide bonds. The second-order valence-corrected chi connectivity index (χ2v) is 16.5. The molecule has 3 N–H and O–H groups in total. The Balaban J connectivity index is 1.27. The van der Waals surface area contributed by atoms with Gasteiger partial charge in [-0.2, -0.15) is 0 Å². The Hall–Kier alpha value is -3.38. The SMILES string of the molecule is C/C(=C\C(C)CCCCC(=O)O)C1OC2C=CC1OC(=O)\C=C/C=C\C=C/C1OC3CC1OC(/C=C/CC1OC(CC(O)/C=C/CC/C=C/C2)CC(O)C1C)C3C. The van der Waals surface area contributed by atoms with Crippen LogP contribution >= 0.6 is 0 Å². The maximum Gasteiger partial charge on any atom is 0.331 e. The van der Waals surface area contributed by atoms with Crippen LogP contribution in [0.25, 0.3) is 0 Å². The minimum absolute atomic E-state index is 0.0184. The number of carbonyl (C=O) groups excluding carboxylic acids is 1. The van der Waals surface area contributed by atoms with Gasteiger partial charge in [0.15, 0.2) is 6.10 Å². The zero-order valence-electron chi connectivity index (χ0n) is 34.2. The molecule has 10 heteroatoms. The van der Waals surface area contributed by atoms with Crippen LogP contribution < -0.4 is 0 Å². The third-order valence-electron chi connectivity index (χ3n) is 11.8. The lowest BCUT2D eigenvalue weighted by molar-refractivity contribution is -0.148. The van der Waals surface area contributed by atoms with Gasteiger partial charge in [0.1, 0.15) is 12.2 Å². The summed E-state index contributed by atoms with van der Waals surface area (Å²) in [7, 11) is 0. The molecule has 0 radical (unpaired) electrons. The van der Waals surface area contributed by atoms with Crippen molar-refractivity contribution in [2.24, 2.45) is 17.8 Å². The molecule has 0 aromatic carbocycles. The van der Waals surface area contributed by atoms with Crippen LogP contribution in [-0.2, 0) is 33.3 Å². The van der Waals surface area contributed by atoms with Gasteiger partial charge in [-0.25, -0.2) is 4.79 Å². The monoisotopic (exact) mass is 790 g/mol. The lowest BCUT2D eigenvalue weighted by Gasteiger charge is -2.38. The van der Waals surface area contributed by atoms with Crippen LogP contribution in [-0.4, -0.2) is 94.4 Å². The van der Waals surface area contributed by atoms with Crippen molar-refractivity contribution in [2.45, 2.75) is 165 Å².